The molecule has 94 valence electrons. The minimum absolute atomic E-state index is 0.160. The minimum Gasteiger partial charge on any atom is -0.494 e. The van der Waals surface area contributed by atoms with Crippen molar-refractivity contribution in [1.82, 2.24) is 4.98 Å². The lowest BCUT2D eigenvalue weighted by Gasteiger charge is -2.09. The molecular formula is C12H9BrClFN2O. The highest BCUT2D eigenvalue weighted by molar-refractivity contribution is 9.10. The first-order valence-corrected chi connectivity index (χ1v) is 6.19. The van der Waals surface area contributed by atoms with E-state index in [1.54, 1.807) is 18.3 Å². The quantitative estimate of drug-likeness (QED) is 0.906. The summed E-state index contributed by atoms with van der Waals surface area (Å²) in [5.74, 6) is 0.236. The first-order valence-electron chi connectivity index (χ1n) is 5.02. The third-order valence-corrected chi connectivity index (χ3v) is 2.94. The van der Waals surface area contributed by atoms with Gasteiger partial charge >= 0.3 is 0 Å². The predicted octanol–water partition coefficient (Wildman–Crippen LogP) is 4.39. The van der Waals surface area contributed by atoms with Crippen molar-refractivity contribution in [3.05, 3.63) is 45.8 Å². The molecule has 1 aromatic heterocycles. The first kappa shape index (κ1) is 13.1. The van der Waals surface area contributed by atoms with Crippen LogP contribution in [-0.4, -0.2) is 12.1 Å². The van der Waals surface area contributed by atoms with Crippen LogP contribution in [0.3, 0.4) is 0 Å². The van der Waals surface area contributed by atoms with Gasteiger partial charge in [-0.2, -0.15) is 0 Å². The summed E-state index contributed by atoms with van der Waals surface area (Å²) in [4.78, 5) is 4.13. The Bertz CT molecular complexity index is 580. The summed E-state index contributed by atoms with van der Waals surface area (Å²) in [7, 11) is 1.41. The highest BCUT2D eigenvalue weighted by Gasteiger charge is 2.06. The monoisotopic (exact) mass is 330 g/mol. The average Bonchev–Trinajstić information content (AvgIpc) is 2.35. The van der Waals surface area contributed by atoms with E-state index in [2.05, 4.69) is 26.2 Å². The van der Waals surface area contributed by atoms with Crippen LogP contribution < -0.4 is 10.1 Å². The van der Waals surface area contributed by atoms with Crippen molar-refractivity contribution in [2.24, 2.45) is 0 Å². The SMILES string of the molecule is COc1cc(Nc2ncc(Br)cc2Cl)ccc1F. The Morgan fingerprint density at radius 1 is 1.39 bits per heavy atom. The smallest absolute Gasteiger partial charge is 0.165 e. The summed E-state index contributed by atoms with van der Waals surface area (Å²) >= 11 is 9.29. The molecule has 3 nitrogen and oxygen atoms in total. The topological polar surface area (TPSA) is 34.1 Å². The molecule has 0 saturated heterocycles. The van der Waals surface area contributed by atoms with Gasteiger partial charge in [0.15, 0.2) is 11.6 Å². The Morgan fingerprint density at radius 2 is 2.17 bits per heavy atom. The normalized spacial score (nSPS) is 10.2. The number of hydrogen-bond acceptors (Lipinski definition) is 3. The number of anilines is 2. The van der Waals surface area contributed by atoms with Crippen LogP contribution in [0, 0.1) is 5.82 Å². The molecule has 0 aliphatic heterocycles. The number of halogens is 3. The highest BCUT2D eigenvalue weighted by atomic mass is 79.9. The molecule has 1 N–H and O–H groups in total. The number of aromatic nitrogens is 1. The maximum Gasteiger partial charge on any atom is 0.165 e. The number of hydrogen-bond donors (Lipinski definition) is 1. The van der Waals surface area contributed by atoms with E-state index in [1.165, 1.54) is 19.2 Å². The Labute approximate surface area is 117 Å². The van der Waals surface area contributed by atoms with Crippen LogP contribution in [-0.2, 0) is 0 Å². The molecule has 1 aromatic carbocycles. The molecule has 0 aliphatic carbocycles. The van der Waals surface area contributed by atoms with E-state index >= 15 is 0 Å². The zero-order valence-corrected chi connectivity index (χ0v) is 11.7. The lowest BCUT2D eigenvalue weighted by atomic mass is 10.3. The summed E-state index contributed by atoms with van der Waals surface area (Å²) in [6, 6.07) is 6.15. The van der Waals surface area contributed by atoms with Crippen LogP contribution in [0.4, 0.5) is 15.9 Å². The summed E-state index contributed by atoms with van der Waals surface area (Å²) in [5.41, 5.74) is 0.643. The van der Waals surface area contributed by atoms with Gasteiger partial charge in [-0.25, -0.2) is 9.37 Å². The third-order valence-electron chi connectivity index (χ3n) is 2.22. The number of benzene rings is 1. The van der Waals surface area contributed by atoms with Crippen LogP contribution >= 0.6 is 27.5 Å². The fraction of sp³-hybridized carbons (Fsp3) is 0.0833. The maximum absolute atomic E-state index is 13.2. The summed E-state index contributed by atoms with van der Waals surface area (Å²) in [6.07, 6.45) is 1.62. The summed E-state index contributed by atoms with van der Waals surface area (Å²) < 4.78 is 18.9. The molecule has 2 aromatic rings. The molecule has 0 saturated carbocycles. The van der Waals surface area contributed by atoms with Gasteiger partial charge in [0.2, 0.25) is 0 Å². The fourth-order valence-electron chi connectivity index (χ4n) is 1.38. The van der Waals surface area contributed by atoms with Gasteiger partial charge < -0.3 is 10.1 Å². The molecule has 6 heteroatoms. The molecule has 0 aliphatic rings. The van der Waals surface area contributed by atoms with E-state index in [1.807, 2.05) is 0 Å². The molecular weight excluding hydrogens is 323 g/mol. The second-order valence-electron chi connectivity index (χ2n) is 3.46. The fourth-order valence-corrected chi connectivity index (χ4v) is 2.06. The number of methoxy groups -OCH3 is 1. The molecule has 18 heavy (non-hydrogen) atoms. The van der Waals surface area contributed by atoms with Crippen molar-refractivity contribution < 1.29 is 9.13 Å². The minimum atomic E-state index is -0.419. The summed E-state index contributed by atoms with van der Waals surface area (Å²) in [5, 5.41) is 3.46. The standard InChI is InChI=1S/C12H9BrClFN2O/c1-18-11-5-8(2-3-10(11)15)17-12-9(14)4-7(13)6-16-12/h2-6H,1H3,(H,16,17). The van der Waals surface area contributed by atoms with E-state index < -0.39 is 5.82 Å². The van der Waals surface area contributed by atoms with E-state index in [0.717, 1.165) is 4.47 Å². The maximum atomic E-state index is 13.2. The molecule has 0 amide bonds. The zero-order valence-electron chi connectivity index (χ0n) is 9.38. The summed E-state index contributed by atoms with van der Waals surface area (Å²) in [6.45, 7) is 0. The van der Waals surface area contributed by atoms with Gasteiger partial charge in [0.05, 0.1) is 12.1 Å². The van der Waals surface area contributed by atoms with E-state index in [9.17, 15) is 4.39 Å². The third kappa shape index (κ3) is 2.91. The van der Waals surface area contributed by atoms with Crippen molar-refractivity contribution in [2.45, 2.75) is 0 Å². The van der Waals surface area contributed by atoms with Crippen molar-refractivity contribution >= 4 is 39.0 Å². The second kappa shape index (κ2) is 5.54. The Kier molecular flexibility index (Phi) is 4.04. The molecule has 2 rings (SSSR count). The van der Waals surface area contributed by atoms with Crippen LogP contribution in [0.2, 0.25) is 5.02 Å². The van der Waals surface area contributed by atoms with Crippen LogP contribution in [0.5, 0.6) is 5.75 Å². The van der Waals surface area contributed by atoms with Gasteiger partial charge in [0.1, 0.15) is 5.82 Å². The zero-order chi connectivity index (χ0) is 13.1. The lowest BCUT2D eigenvalue weighted by Crippen LogP contribution is -1.96. The van der Waals surface area contributed by atoms with Gasteiger partial charge in [-0.05, 0) is 34.1 Å². The molecule has 0 unspecified atom stereocenters. The molecule has 0 fully saturated rings. The largest absolute Gasteiger partial charge is 0.494 e. The Balaban J connectivity index is 2.28. The number of pyridine rings is 1. The first-order chi connectivity index (χ1) is 8.60. The van der Waals surface area contributed by atoms with Crippen LogP contribution in [0.1, 0.15) is 0 Å². The Morgan fingerprint density at radius 3 is 2.83 bits per heavy atom. The average molecular weight is 332 g/mol. The highest BCUT2D eigenvalue weighted by Crippen LogP contribution is 2.28. The van der Waals surface area contributed by atoms with Gasteiger partial charge in [-0.15, -0.1) is 0 Å². The van der Waals surface area contributed by atoms with Gasteiger partial charge in [0.25, 0.3) is 0 Å². The van der Waals surface area contributed by atoms with Gasteiger partial charge in [-0.1, -0.05) is 11.6 Å². The lowest BCUT2D eigenvalue weighted by molar-refractivity contribution is 0.387. The van der Waals surface area contributed by atoms with Gasteiger partial charge in [-0.3, -0.25) is 0 Å². The number of ether oxygens (including phenoxy) is 1. The molecule has 0 spiro atoms. The van der Waals surface area contributed by atoms with Crippen molar-refractivity contribution in [3.63, 3.8) is 0 Å². The molecule has 0 radical (unpaired) electrons. The van der Waals surface area contributed by atoms with Crippen molar-refractivity contribution in [3.8, 4) is 5.75 Å². The van der Waals surface area contributed by atoms with Crippen molar-refractivity contribution in [1.29, 1.82) is 0 Å². The van der Waals surface area contributed by atoms with E-state index in [4.69, 9.17) is 16.3 Å². The number of nitrogens with zero attached hydrogens (tertiary/aromatic N) is 1. The van der Waals surface area contributed by atoms with E-state index in [0.29, 0.717) is 16.5 Å². The molecule has 1 heterocycles. The van der Waals surface area contributed by atoms with E-state index in [-0.39, 0.29) is 5.75 Å². The number of rotatable bonds is 3. The molecule has 0 atom stereocenters. The molecule has 0 bridgehead atoms. The predicted molar refractivity (Wildman–Crippen MR) is 73.2 cm³/mol. The van der Waals surface area contributed by atoms with Crippen molar-refractivity contribution in [2.75, 3.05) is 12.4 Å². The second-order valence-corrected chi connectivity index (χ2v) is 4.78. The van der Waals surface area contributed by atoms with Gasteiger partial charge in [0, 0.05) is 22.4 Å². The number of nitrogens with one attached hydrogen (secondary N) is 1. The van der Waals surface area contributed by atoms with Crippen LogP contribution in [0.15, 0.2) is 34.9 Å². The Hall–Kier alpha value is -1.33. The van der Waals surface area contributed by atoms with Crippen LogP contribution in [0.25, 0.3) is 0 Å².